The summed E-state index contributed by atoms with van der Waals surface area (Å²) in [6.07, 6.45) is -0.509. The molecule has 1 heterocycles. The van der Waals surface area contributed by atoms with Gasteiger partial charge in [0.25, 0.3) is 5.69 Å². The van der Waals surface area contributed by atoms with Gasteiger partial charge in [0.15, 0.2) is 11.6 Å². The predicted molar refractivity (Wildman–Crippen MR) is 96.3 cm³/mol. The van der Waals surface area contributed by atoms with E-state index in [9.17, 15) is 23.7 Å². The molecule has 0 N–H and O–H groups in total. The zero-order valence-corrected chi connectivity index (χ0v) is 15.1. The van der Waals surface area contributed by atoms with Gasteiger partial charge in [0.2, 0.25) is 0 Å². The fourth-order valence-electron chi connectivity index (χ4n) is 3.05. The minimum absolute atomic E-state index is 0.0932. The van der Waals surface area contributed by atoms with Gasteiger partial charge in [0.1, 0.15) is 11.7 Å². The lowest BCUT2D eigenvalue weighted by Crippen LogP contribution is -2.38. The Balaban J connectivity index is 1.87. The summed E-state index contributed by atoms with van der Waals surface area (Å²) in [5.74, 6) is -2.68. The molecule has 1 aliphatic rings. The van der Waals surface area contributed by atoms with Gasteiger partial charge in [-0.3, -0.25) is 10.1 Å². The summed E-state index contributed by atoms with van der Waals surface area (Å²) in [6.45, 7) is 2.80. The average Bonchev–Trinajstić information content (AvgIpc) is 2.70. The number of hydrogen-bond acceptors (Lipinski definition) is 6. The number of rotatable bonds is 5. The van der Waals surface area contributed by atoms with E-state index in [1.807, 2.05) is 4.90 Å². The molecule has 2 aromatic carbocycles. The van der Waals surface area contributed by atoms with Crippen LogP contribution in [0.3, 0.4) is 0 Å². The van der Waals surface area contributed by atoms with Crippen molar-refractivity contribution in [2.45, 2.75) is 13.0 Å². The smallest absolute Gasteiger partial charge is 0.345 e. The number of benzene rings is 2. The Bertz CT molecular complexity index is 906. The van der Waals surface area contributed by atoms with Crippen LogP contribution in [0.25, 0.3) is 0 Å². The Labute approximate surface area is 159 Å². The first-order chi connectivity index (χ1) is 13.4. The molecule has 7 nitrogen and oxygen atoms in total. The van der Waals surface area contributed by atoms with Gasteiger partial charge >= 0.3 is 5.97 Å². The molecule has 9 heteroatoms. The van der Waals surface area contributed by atoms with Crippen LogP contribution in [0.2, 0.25) is 0 Å². The fraction of sp³-hybridized carbons (Fsp3) is 0.316. The van der Waals surface area contributed by atoms with E-state index in [2.05, 4.69) is 0 Å². The average molecular weight is 392 g/mol. The number of hydrogen-bond donors (Lipinski definition) is 0. The third-order valence-electron chi connectivity index (χ3n) is 4.42. The summed E-state index contributed by atoms with van der Waals surface area (Å²) in [7, 11) is 0. The van der Waals surface area contributed by atoms with E-state index in [0.717, 1.165) is 12.1 Å². The van der Waals surface area contributed by atoms with Crippen molar-refractivity contribution in [3.8, 4) is 0 Å². The molecule has 1 unspecified atom stereocenters. The minimum atomic E-state index is -0.960. The van der Waals surface area contributed by atoms with Crippen LogP contribution >= 0.6 is 0 Å². The highest BCUT2D eigenvalue weighted by atomic mass is 19.2. The highest BCUT2D eigenvalue weighted by Gasteiger charge is 2.27. The predicted octanol–water partition coefficient (Wildman–Crippen LogP) is 3.63. The molecule has 0 aromatic heterocycles. The zero-order chi connectivity index (χ0) is 20.3. The lowest BCUT2D eigenvalue weighted by atomic mass is 10.1. The first-order valence-corrected chi connectivity index (χ1v) is 8.67. The molecule has 2 aromatic rings. The number of nitro groups is 1. The van der Waals surface area contributed by atoms with Crippen molar-refractivity contribution in [2.75, 3.05) is 31.2 Å². The highest BCUT2D eigenvalue weighted by molar-refractivity contribution is 5.95. The molecule has 0 saturated carbocycles. The number of carbonyl (C=O) groups is 1. The van der Waals surface area contributed by atoms with Gasteiger partial charge in [-0.15, -0.1) is 0 Å². The molecule has 1 atom stereocenters. The molecule has 28 heavy (non-hydrogen) atoms. The number of nitrogens with zero attached hydrogens (tertiary/aromatic N) is 2. The third kappa shape index (κ3) is 4.09. The van der Waals surface area contributed by atoms with Crippen molar-refractivity contribution in [2.24, 2.45) is 0 Å². The Kier molecular flexibility index (Phi) is 5.84. The second-order valence-corrected chi connectivity index (χ2v) is 6.16. The van der Waals surface area contributed by atoms with E-state index in [4.69, 9.17) is 9.47 Å². The summed E-state index contributed by atoms with van der Waals surface area (Å²) >= 11 is 0. The van der Waals surface area contributed by atoms with Crippen LogP contribution in [-0.2, 0) is 9.47 Å². The van der Waals surface area contributed by atoms with E-state index in [0.29, 0.717) is 30.9 Å². The molecule has 0 radical (unpaired) electrons. The maximum atomic E-state index is 13.5. The summed E-state index contributed by atoms with van der Waals surface area (Å²) in [5.41, 5.74) is 0.577. The van der Waals surface area contributed by atoms with Crippen LogP contribution in [0.4, 0.5) is 20.2 Å². The molecule has 1 aliphatic heterocycles. The lowest BCUT2D eigenvalue weighted by Gasteiger charge is -2.35. The van der Waals surface area contributed by atoms with Crippen LogP contribution in [0.15, 0.2) is 36.4 Å². The quantitative estimate of drug-likeness (QED) is 0.439. The maximum absolute atomic E-state index is 13.5. The summed E-state index contributed by atoms with van der Waals surface area (Å²) in [5, 5.41) is 11.2. The Morgan fingerprint density at radius 3 is 2.75 bits per heavy atom. The highest BCUT2D eigenvalue weighted by Crippen LogP contribution is 2.30. The van der Waals surface area contributed by atoms with E-state index in [-0.39, 0.29) is 17.9 Å². The van der Waals surface area contributed by atoms with Crippen LogP contribution in [0, 0.1) is 21.7 Å². The molecule has 0 aliphatic carbocycles. The monoisotopic (exact) mass is 392 g/mol. The topological polar surface area (TPSA) is 81.9 Å². The third-order valence-corrected chi connectivity index (χ3v) is 4.42. The molecule has 1 saturated heterocycles. The molecule has 0 bridgehead atoms. The van der Waals surface area contributed by atoms with Crippen LogP contribution < -0.4 is 4.90 Å². The van der Waals surface area contributed by atoms with Crippen molar-refractivity contribution in [3.05, 3.63) is 69.3 Å². The normalized spacial score (nSPS) is 16.7. The van der Waals surface area contributed by atoms with Gasteiger partial charge in [0.05, 0.1) is 18.1 Å². The number of nitro benzene ring substituents is 1. The first kappa shape index (κ1) is 19.7. The molecule has 0 spiro atoms. The Hall–Kier alpha value is -3.07. The number of ether oxygens (including phenoxy) is 2. The molecule has 1 fully saturated rings. The number of halogens is 2. The van der Waals surface area contributed by atoms with Crippen molar-refractivity contribution in [1.82, 2.24) is 0 Å². The van der Waals surface area contributed by atoms with Gasteiger partial charge in [-0.2, -0.15) is 0 Å². The van der Waals surface area contributed by atoms with Crippen molar-refractivity contribution >= 4 is 17.3 Å². The molecule has 148 valence electrons. The van der Waals surface area contributed by atoms with Crippen LogP contribution in [0.5, 0.6) is 0 Å². The number of anilines is 1. The van der Waals surface area contributed by atoms with Gasteiger partial charge < -0.3 is 14.4 Å². The standard InChI is InChI=1S/C19H18F2N2O5/c1-2-27-19(24)14-10-13(4-6-17(14)23(25)26)22-7-8-28-18(11-22)12-3-5-15(20)16(21)9-12/h3-6,9-10,18H,2,7-8,11H2,1H3. The number of carbonyl (C=O) groups excluding carboxylic acids is 1. The number of esters is 1. The summed E-state index contributed by atoms with van der Waals surface area (Å²) < 4.78 is 37.3. The first-order valence-electron chi connectivity index (χ1n) is 8.67. The van der Waals surface area contributed by atoms with Gasteiger partial charge in [-0.25, -0.2) is 13.6 Å². The molecule has 3 rings (SSSR count). The van der Waals surface area contributed by atoms with Crippen LogP contribution in [-0.4, -0.2) is 37.2 Å². The van der Waals surface area contributed by atoms with Crippen molar-refractivity contribution in [1.29, 1.82) is 0 Å². The minimum Gasteiger partial charge on any atom is -0.462 e. The summed E-state index contributed by atoms with van der Waals surface area (Å²) in [4.78, 5) is 24.5. The van der Waals surface area contributed by atoms with Gasteiger partial charge in [-0.05, 0) is 36.8 Å². The largest absolute Gasteiger partial charge is 0.462 e. The molecule has 0 amide bonds. The van der Waals surface area contributed by atoms with Gasteiger partial charge in [0, 0.05) is 24.8 Å². The van der Waals surface area contributed by atoms with E-state index in [1.54, 1.807) is 6.92 Å². The van der Waals surface area contributed by atoms with Crippen molar-refractivity contribution < 1.29 is 28.0 Å². The maximum Gasteiger partial charge on any atom is 0.345 e. The number of morpholine rings is 1. The van der Waals surface area contributed by atoms with E-state index < -0.39 is 28.6 Å². The van der Waals surface area contributed by atoms with Crippen molar-refractivity contribution in [3.63, 3.8) is 0 Å². The van der Waals surface area contributed by atoms with E-state index >= 15 is 0 Å². The Morgan fingerprint density at radius 2 is 2.07 bits per heavy atom. The molecular weight excluding hydrogens is 374 g/mol. The zero-order valence-electron chi connectivity index (χ0n) is 15.1. The second-order valence-electron chi connectivity index (χ2n) is 6.16. The Morgan fingerprint density at radius 1 is 1.29 bits per heavy atom. The fourth-order valence-corrected chi connectivity index (χ4v) is 3.05. The lowest BCUT2D eigenvalue weighted by molar-refractivity contribution is -0.385. The van der Waals surface area contributed by atoms with Gasteiger partial charge in [-0.1, -0.05) is 6.07 Å². The van der Waals surface area contributed by atoms with E-state index in [1.165, 1.54) is 24.3 Å². The summed E-state index contributed by atoms with van der Waals surface area (Å²) in [6, 6.07) is 7.77. The van der Waals surface area contributed by atoms with Crippen LogP contribution in [0.1, 0.15) is 28.9 Å². The molecular formula is C19H18F2N2O5. The SMILES string of the molecule is CCOC(=O)c1cc(N2CCOC(c3ccc(F)c(F)c3)C2)ccc1[N+](=O)[O-]. The second kappa shape index (κ2) is 8.30.